The lowest BCUT2D eigenvalue weighted by Crippen LogP contribution is -2.78. The Balaban J connectivity index is 0.715. The molecule has 23 heteroatoms. The Hall–Kier alpha value is -2.86. The van der Waals surface area contributed by atoms with Gasteiger partial charge in [-0.1, -0.05) is 18.6 Å². The van der Waals surface area contributed by atoms with Gasteiger partial charge in [-0.25, -0.2) is 4.79 Å². The molecule has 10 rings (SSSR count). The lowest BCUT2D eigenvalue weighted by Gasteiger charge is -2.67. The van der Waals surface area contributed by atoms with E-state index in [1.165, 1.54) is 31.2 Å². The van der Waals surface area contributed by atoms with Crippen molar-refractivity contribution in [3.63, 3.8) is 0 Å². The van der Waals surface area contributed by atoms with E-state index < -0.39 is 168 Å². The van der Waals surface area contributed by atoms with Crippen LogP contribution in [-0.2, 0) is 75.8 Å². The molecule has 9 aliphatic rings. The van der Waals surface area contributed by atoms with Crippen LogP contribution in [0.15, 0.2) is 35.9 Å². The summed E-state index contributed by atoms with van der Waals surface area (Å²) in [5.74, 6) is -2.02. The van der Waals surface area contributed by atoms with E-state index in [2.05, 4.69) is 6.92 Å². The Labute approximate surface area is 498 Å². The smallest absolute Gasteiger partial charge is 0.338 e. The maximum absolute atomic E-state index is 13.8. The molecule has 5 heterocycles. The van der Waals surface area contributed by atoms with Gasteiger partial charge < -0.3 is 102 Å². The lowest BCUT2D eigenvalue weighted by molar-refractivity contribution is -0.351. The number of phenols is 1. The summed E-state index contributed by atoms with van der Waals surface area (Å²) in [5, 5.41) is 70.1. The SMILES string of the molecule is COC1CC(OC2C(C)OC(OC3C(C)OC(OC4C(C)OC(OC5C(O)CC(OC6CCC7(C)C(=CCC8(O)C7CC(OC(=O)c7ccc(O)cc7)C7(C)C(O)(C(C)=O)CCC87O)C6)OC5C)CC4OC)CC3OC)CC2OC)OC(C)C1O. The van der Waals surface area contributed by atoms with Gasteiger partial charge in [0.25, 0.3) is 0 Å². The number of benzene rings is 1. The highest BCUT2D eigenvalue weighted by molar-refractivity contribution is 5.90. The average Bonchev–Trinajstić information content (AvgIpc) is 1.81. The summed E-state index contributed by atoms with van der Waals surface area (Å²) in [7, 11) is 6.41. The van der Waals surface area contributed by atoms with Crippen molar-refractivity contribution in [3.8, 4) is 5.75 Å². The summed E-state index contributed by atoms with van der Waals surface area (Å²) in [4.78, 5) is 27.1. The van der Waals surface area contributed by atoms with Crippen molar-refractivity contribution in [1.29, 1.82) is 0 Å². The highest BCUT2D eigenvalue weighted by Crippen LogP contribution is 2.71. The van der Waals surface area contributed by atoms with Crippen LogP contribution in [0.1, 0.15) is 143 Å². The predicted molar refractivity (Wildman–Crippen MR) is 297 cm³/mol. The number of rotatable bonds is 17. The second-order valence-electron chi connectivity index (χ2n) is 26.1. The van der Waals surface area contributed by atoms with Gasteiger partial charge in [0.1, 0.15) is 59.2 Å². The summed E-state index contributed by atoms with van der Waals surface area (Å²) < 4.78 is 94.1. The first-order valence-corrected chi connectivity index (χ1v) is 30.6. The highest BCUT2D eigenvalue weighted by Gasteiger charge is 2.81. The van der Waals surface area contributed by atoms with Crippen molar-refractivity contribution in [2.24, 2.45) is 16.7 Å². The Morgan fingerprint density at radius 1 is 0.576 bits per heavy atom. The van der Waals surface area contributed by atoms with Crippen LogP contribution in [0.5, 0.6) is 5.75 Å². The zero-order chi connectivity index (χ0) is 61.3. The molecule has 0 radical (unpaired) electrons. The average molecular weight is 1210 g/mol. The van der Waals surface area contributed by atoms with Crippen LogP contribution in [0.4, 0.5) is 0 Å². The lowest BCUT2D eigenvalue weighted by atomic mass is 9.42. The number of esters is 1. The zero-order valence-electron chi connectivity index (χ0n) is 51.3. The van der Waals surface area contributed by atoms with E-state index in [1.807, 2.05) is 33.8 Å². The molecule has 5 aliphatic heterocycles. The quantitative estimate of drug-likeness (QED) is 0.0929. The summed E-state index contributed by atoms with van der Waals surface area (Å²) in [5.41, 5.74) is -7.24. The molecule has 85 heavy (non-hydrogen) atoms. The number of methoxy groups -OCH3 is 4. The number of hydrogen-bond acceptors (Lipinski definition) is 23. The van der Waals surface area contributed by atoms with Crippen LogP contribution in [0, 0.1) is 16.7 Å². The van der Waals surface area contributed by atoms with E-state index in [-0.39, 0.29) is 62.0 Å². The largest absolute Gasteiger partial charge is 0.508 e. The topological polar surface area (TPSA) is 294 Å². The van der Waals surface area contributed by atoms with E-state index in [4.69, 9.17) is 71.1 Å². The Kier molecular flexibility index (Phi) is 19.5. The third kappa shape index (κ3) is 11.8. The number of Topliss-reactive ketones (excluding diaryl/α,β-unsaturated/α-hetero) is 1. The third-order valence-corrected chi connectivity index (χ3v) is 21.4. The number of hydrogen-bond donors (Lipinski definition) is 6. The minimum atomic E-state index is -2.10. The van der Waals surface area contributed by atoms with Gasteiger partial charge in [-0.2, -0.15) is 0 Å². The molecule has 28 atom stereocenters. The van der Waals surface area contributed by atoms with E-state index in [0.717, 1.165) is 5.57 Å². The molecule has 28 unspecified atom stereocenters. The van der Waals surface area contributed by atoms with Gasteiger partial charge in [-0.05, 0) is 123 Å². The van der Waals surface area contributed by atoms with Crippen molar-refractivity contribution in [2.75, 3.05) is 28.4 Å². The number of aromatic hydroxyl groups is 1. The second kappa shape index (κ2) is 25.4. The number of carbonyl (C=O) groups is 2. The molecule has 6 N–H and O–H groups in total. The van der Waals surface area contributed by atoms with Gasteiger partial charge in [0, 0.05) is 66.5 Å². The van der Waals surface area contributed by atoms with Crippen LogP contribution in [0.2, 0.25) is 0 Å². The minimum absolute atomic E-state index is 0.0346. The van der Waals surface area contributed by atoms with Gasteiger partial charge in [0.15, 0.2) is 37.2 Å². The van der Waals surface area contributed by atoms with Crippen molar-refractivity contribution in [3.05, 3.63) is 41.5 Å². The number of ether oxygens (including phenoxy) is 15. The van der Waals surface area contributed by atoms with Gasteiger partial charge in [0.05, 0.1) is 78.1 Å². The molecule has 0 aromatic heterocycles. The van der Waals surface area contributed by atoms with E-state index in [9.17, 15) is 40.2 Å². The first kappa shape index (κ1) is 65.1. The van der Waals surface area contributed by atoms with Crippen LogP contribution < -0.4 is 0 Å². The molecule has 480 valence electrons. The third-order valence-electron chi connectivity index (χ3n) is 21.4. The maximum atomic E-state index is 13.8. The fourth-order valence-corrected chi connectivity index (χ4v) is 16.4. The molecular weight excluding hydrogens is 1110 g/mol. The molecule has 0 bridgehead atoms. The number of ketones is 1. The molecule has 3 saturated carbocycles. The van der Waals surface area contributed by atoms with Crippen molar-refractivity contribution < 1.29 is 111 Å². The fraction of sp³-hybridized carbons (Fsp3) is 0.839. The Morgan fingerprint density at radius 3 is 1.52 bits per heavy atom. The summed E-state index contributed by atoms with van der Waals surface area (Å²) in [6.07, 6.45) is -8.45. The molecule has 5 saturated heterocycles. The van der Waals surface area contributed by atoms with E-state index in [1.54, 1.807) is 42.3 Å². The molecule has 1 aromatic rings. The molecule has 4 aliphatic carbocycles. The number of phenolic OH excluding ortho intramolecular Hbond substituents is 1. The number of carbonyl (C=O) groups excluding carboxylic acids is 2. The molecule has 0 spiro atoms. The fourth-order valence-electron chi connectivity index (χ4n) is 16.4. The van der Waals surface area contributed by atoms with Crippen molar-refractivity contribution >= 4 is 11.8 Å². The Morgan fingerprint density at radius 2 is 1.04 bits per heavy atom. The van der Waals surface area contributed by atoms with Crippen LogP contribution >= 0.6 is 0 Å². The summed E-state index contributed by atoms with van der Waals surface area (Å²) in [6.45, 7) is 14.1. The summed E-state index contributed by atoms with van der Waals surface area (Å²) in [6, 6.07) is 5.55. The van der Waals surface area contributed by atoms with Gasteiger partial charge in [-0.15, -0.1) is 0 Å². The zero-order valence-corrected chi connectivity index (χ0v) is 51.3. The normalized spacial score (nSPS) is 49.2. The van der Waals surface area contributed by atoms with Gasteiger partial charge in [-0.3, -0.25) is 4.79 Å². The molecule has 0 amide bonds. The standard InChI is InChI=1S/C62H94O23/c1-30-52(66)41(71-9)25-48(75-30)83-54-33(4)78-50(27-43(54)73-11)85-56-34(5)79-51(28-44(56)74-12)84-55-32(3)77-49(26-42(55)72-10)82-53-31(2)76-47(24-40(53)65)80-39-18-19-58(7)37(23-39)17-20-61(69)45(58)29-46(81-57(67)36-13-15-38(64)16-14-36)59(8)60(68,35(6)63)21-22-62(59,61)70/h13-17,30-34,39-56,64-66,68-70H,18-29H2,1-12H3. The maximum Gasteiger partial charge on any atom is 0.338 e. The first-order chi connectivity index (χ1) is 40.2. The molecular formula is C62H94O23. The second-order valence-corrected chi connectivity index (χ2v) is 26.1. The van der Waals surface area contributed by atoms with Crippen molar-refractivity contribution in [2.45, 2.75) is 284 Å². The monoisotopic (exact) mass is 1210 g/mol. The van der Waals surface area contributed by atoms with Crippen LogP contribution in [0.3, 0.4) is 0 Å². The highest BCUT2D eigenvalue weighted by atomic mass is 16.8. The number of aliphatic hydroxyl groups excluding tert-OH is 2. The number of aliphatic hydroxyl groups is 5. The molecule has 23 nitrogen and oxygen atoms in total. The Bertz CT molecular complexity index is 2490. The van der Waals surface area contributed by atoms with Crippen molar-refractivity contribution in [1.82, 2.24) is 0 Å². The van der Waals surface area contributed by atoms with E-state index in [0.29, 0.717) is 38.5 Å². The van der Waals surface area contributed by atoms with Gasteiger partial charge in [0.2, 0.25) is 0 Å². The first-order valence-electron chi connectivity index (χ1n) is 30.6. The van der Waals surface area contributed by atoms with E-state index >= 15 is 0 Å². The van der Waals surface area contributed by atoms with Crippen LogP contribution in [0.25, 0.3) is 0 Å². The summed E-state index contributed by atoms with van der Waals surface area (Å²) >= 11 is 0. The molecule has 1 aromatic carbocycles. The minimum Gasteiger partial charge on any atom is -0.508 e. The van der Waals surface area contributed by atoms with Gasteiger partial charge >= 0.3 is 5.97 Å². The molecule has 8 fully saturated rings. The van der Waals surface area contributed by atoms with Crippen LogP contribution in [-0.4, -0.2) is 223 Å². The predicted octanol–water partition coefficient (Wildman–Crippen LogP) is 4.42. The number of fused-ring (bicyclic) bond motifs is 5.